The van der Waals surface area contributed by atoms with Crippen molar-refractivity contribution in [1.29, 1.82) is 0 Å². The molecule has 0 unspecified atom stereocenters. The Labute approximate surface area is 122 Å². The zero-order valence-corrected chi connectivity index (χ0v) is 11.7. The Kier molecular flexibility index (Phi) is 2.51. The van der Waals surface area contributed by atoms with Crippen LogP contribution in [0.15, 0.2) is 66.9 Å². The van der Waals surface area contributed by atoms with Crippen LogP contribution < -0.4 is 4.89 Å². The van der Waals surface area contributed by atoms with Gasteiger partial charge in [0.05, 0.1) is 0 Å². The van der Waals surface area contributed by atoms with Gasteiger partial charge in [-0.25, -0.2) is 0 Å². The maximum Gasteiger partial charge on any atom is 0.187 e. The van der Waals surface area contributed by atoms with E-state index in [0.29, 0.717) is 5.76 Å². The average Bonchev–Trinajstić information content (AvgIpc) is 2.51. The van der Waals surface area contributed by atoms with Crippen molar-refractivity contribution < 1.29 is 9.78 Å². The first-order valence-corrected chi connectivity index (χ1v) is 6.90. The average molecular weight is 274 g/mol. The van der Waals surface area contributed by atoms with E-state index in [1.54, 1.807) is 6.92 Å². The second-order valence-corrected chi connectivity index (χ2v) is 5.29. The molecule has 4 aromatic carbocycles. The summed E-state index contributed by atoms with van der Waals surface area (Å²) in [7, 11) is 0. The van der Waals surface area contributed by atoms with Crippen LogP contribution >= 0.6 is 0 Å². The lowest BCUT2D eigenvalue weighted by molar-refractivity contribution is -0.163. The molecule has 4 rings (SSSR count). The fourth-order valence-corrected chi connectivity index (χ4v) is 2.91. The predicted molar refractivity (Wildman–Crippen MR) is 86.7 cm³/mol. The number of rotatable bonds is 3. The van der Waals surface area contributed by atoms with Crippen LogP contribution in [0, 0.1) is 0 Å². The van der Waals surface area contributed by atoms with Crippen molar-refractivity contribution in [1.82, 2.24) is 0 Å². The van der Waals surface area contributed by atoms with Crippen LogP contribution in [0.2, 0.25) is 0 Å². The zero-order valence-electron chi connectivity index (χ0n) is 11.7. The van der Waals surface area contributed by atoms with Gasteiger partial charge >= 0.3 is 0 Å². The van der Waals surface area contributed by atoms with Gasteiger partial charge in [0.15, 0.2) is 5.75 Å². The molecular formula is C19H14O2. The van der Waals surface area contributed by atoms with E-state index in [0.717, 1.165) is 16.5 Å². The van der Waals surface area contributed by atoms with Crippen LogP contribution in [-0.2, 0) is 4.89 Å². The van der Waals surface area contributed by atoms with Crippen molar-refractivity contribution >= 4 is 32.3 Å². The minimum Gasteiger partial charge on any atom is -0.295 e. The maximum atomic E-state index is 5.48. The van der Waals surface area contributed by atoms with Gasteiger partial charge in [0.25, 0.3) is 0 Å². The van der Waals surface area contributed by atoms with Crippen LogP contribution in [0.25, 0.3) is 32.3 Å². The van der Waals surface area contributed by atoms with E-state index in [4.69, 9.17) is 9.78 Å². The highest BCUT2D eigenvalue weighted by atomic mass is 17.2. The minimum absolute atomic E-state index is 0.528. The Hall–Kier alpha value is -2.74. The molecule has 0 amide bonds. The standard InChI is InChI=1S/C19H14O2/c1-12(2)20-21-17-11-15-7-3-5-13-9-10-14-6-4-8-16(17)19(14)18(13)15/h3-11H,1H2,2H3. The molecule has 4 aromatic rings. The summed E-state index contributed by atoms with van der Waals surface area (Å²) in [6, 6.07) is 18.8. The van der Waals surface area contributed by atoms with Gasteiger partial charge in [0, 0.05) is 10.8 Å². The van der Waals surface area contributed by atoms with Crippen molar-refractivity contribution in [2.75, 3.05) is 0 Å². The Balaban J connectivity index is 2.12. The molecule has 0 N–H and O–H groups in total. The van der Waals surface area contributed by atoms with Gasteiger partial charge in [-0.3, -0.25) is 9.78 Å². The Morgan fingerprint density at radius 1 is 0.857 bits per heavy atom. The molecule has 0 spiro atoms. The third-order valence-electron chi connectivity index (χ3n) is 3.74. The molecule has 2 nitrogen and oxygen atoms in total. The predicted octanol–water partition coefficient (Wildman–Crippen LogP) is 5.43. The van der Waals surface area contributed by atoms with Crippen molar-refractivity contribution in [2.45, 2.75) is 6.92 Å². The molecule has 0 bridgehead atoms. The maximum absolute atomic E-state index is 5.48. The molecule has 0 radical (unpaired) electrons. The number of hydrogen-bond donors (Lipinski definition) is 0. The van der Waals surface area contributed by atoms with E-state index >= 15 is 0 Å². The molecule has 0 atom stereocenters. The van der Waals surface area contributed by atoms with E-state index in [1.807, 2.05) is 12.1 Å². The van der Waals surface area contributed by atoms with Crippen molar-refractivity contribution in [3.63, 3.8) is 0 Å². The highest BCUT2D eigenvalue weighted by Gasteiger charge is 2.13. The molecular weight excluding hydrogens is 260 g/mol. The van der Waals surface area contributed by atoms with Crippen LogP contribution in [-0.4, -0.2) is 0 Å². The SMILES string of the molecule is C=C(C)OOc1cc2cccc3ccc4cccc1c4c32. The van der Waals surface area contributed by atoms with Gasteiger partial charge in [-0.15, -0.1) is 0 Å². The summed E-state index contributed by atoms with van der Waals surface area (Å²) < 4.78 is 0. The van der Waals surface area contributed by atoms with Gasteiger partial charge in [-0.05, 0) is 34.5 Å². The normalized spacial score (nSPS) is 11.3. The van der Waals surface area contributed by atoms with Crippen LogP contribution in [0.3, 0.4) is 0 Å². The van der Waals surface area contributed by atoms with Crippen molar-refractivity contribution in [3.8, 4) is 5.75 Å². The quantitative estimate of drug-likeness (QED) is 0.215. The van der Waals surface area contributed by atoms with Gasteiger partial charge in [-0.2, -0.15) is 0 Å². The summed E-state index contributed by atoms with van der Waals surface area (Å²) in [6.45, 7) is 5.46. The van der Waals surface area contributed by atoms with E-state index in [1.165, 1.54) is 21.5 Å². The lowest BCUT2D eigenvalue weighted by Crippen LogP contribution is -1.96. The number of allylic oxidation sites excluding steroid dienone is 1. The summed E-state index contributed by atoms with van der Waals surface area (Å²) in [4.78, 5) is 10.6. The highest BCUT2D eigenvalue weighted by molar-refractivity contribution is 6.24. The fraction of sp³-hybridized carbons (Fsp3) is 0.0526. The molecule has 0 aliphatic rings. The summed E-state index contributed by atoms with van der Waals surface area (Å²) in [5, 5.41) is 7.14. The van der Waals surface area contributed by atoms with Gasteiger partial charge in [0.1, 0.15) is 5.76 Å². The Morgan fingerprint density at radius 2 is 1.52 bits per heavy atom. The lowest BCUT2D eigenvalue weighted by atomic mass is 9.94. The molecule has 0 fully saturated rings. The summed E-state index contributed by atoms with van der Waals surface area (Å²) in [6.07, 6.45) is 0. The second-order valence-electron chi connectivity index (χ2n) is 5.29. The first-order chi connectivity index (χ1) is 10.2. The topological polar surface area (TPSA) is 18.5 Å². The smallest absolute Gasteiger partial charge is 0.187 e. The molecule has 0 saturated heterocycles. The summed E-state index contributed by atoms with van der Waals surface area (Å²) >= 11 is 0. The molecule has 21 heavy (non-hydrogen) atoms. The first kappa shape index (κ1) is 12.0. The molecule has 0 aliphatic carbocycles. The largest absolute Gasteiger partial charge is 0.295 e. The second kappa shape index (κ2) is 4.38. The molecule has 0 heterocycles. The number of benzene rings is 4. The van der Waals surface area contributed by atoms with Gasteiger partial charge in [0.2, 0.25) is 0 Å². The van der Waals surface area contributed by atoms with Crippen LogP contribution in [0.4, 0.5) is 0 Å². The molecule has 0 saturated carbocycles. The Morgan fingerprint density at radius 3 is 2.29 bits per heavy atom. The van der Waals surface area contributed by atoms with E-state index in [9.17, 15) is 0 Å². The Bertz CT molecular complexity index is 969. The van der Waals surface area contributed by atoms with Gasteiger partial charge < -0.3 is 0 Å². The highest BCUT2D eigenvalue weighted by Crippen LogP contribution is 2.39. The zero-order chi connectivity index (χ0) is 14.4. The minimum atomic E-state index is 0.528. The summed E-state index contributed by atoms with van der Waals surface area (Å²) in [5.41, 5.74) is 0. The number of hydrogen-bond acceptors (Lipinski definition) is 2. The molecule has 2 heteroatoms. The van der Waals surface area contributed by atoms with Crippen molar-refractivity contribution in [3.05, 3.63) is 66.9 Å². The van der Waals surface area contributed by atoms with Crippen LogP contribution in [0.5, 0.6) is 5.75 Å². The fourth-order valence-electron chi connectivity index (χ4n) is 2.91. The van der Waals surface area contributed by atoms with Crippen molar-refractivity contribution in [2.24, 2.45) is 0 Å². The van der Waals surface area contributed by atoms with Gasteiger partial charge in [-0.1, -0.05) is 55.1 Å². The van der Waals surface area contributed by atoms with E-state index in [2.05, 4.69) is 49.0 Å². The molecule has 0 aromatic heterocycles. The molecule has 0 aliphatic heterocycles. The van der Waals surface area contributed by atoms with E-state index in [-0.39, 0.29) is 0 Å². The lowest BCUT2D eigenvalue weighted by Gasteiger charge is -2.14. The summed E-state index contributed by atoms with van der Waals surface area (Å²) in [5.74, 6) is 1.25. The monoisotopic (exact) mass is 274 g/mol. The first-order valence-electron chi connectivity index (χ1n) is 6.90. The van der Waals surface area contributed by atoms with E-state index < -0.39 is 0 Å². The third kappa shape index (κ3) is 1.80. The van der Waals surface area contributed by atoms with Crippen LogP contribution in [0.1, 0.15) is 6.92 Å². The third-order valence-corrected chi connectivity index (χ3v) is 3.74. The molecule has 102 valence electrons.